The van der Waals surface area contributed by atoms with Crippen LogP contribution in [0, 0.1) is 0 Å². The highest BCUT2D eigenvalue weighted by molar-refractivity contribution is 5.69. The number of hydrogen-bond acceptors (Lipinski definition) is 3. The molecule has 4 heteroatoms. The molecule has 1 aliphatic rings. The summed E-state index contributed by atoms with van der Waals surface area (Å²) < 4.78 is 5.87. The Morgan fingerprint density at radius 2 is 1.60 bits per heavy atom. The molecule has 4 nitrogen and oxygen atoms in total. The Balaban J connectivity index is 1.29. The highest BCUT2D eigenvalue weighted by atomic mass is 16.5. The molecule has 1 N–H and O–H groups in total. The molecule has 0 atom stereocenters. The minimum absolute atomic E-state index is 0.513. The fourth-order valence-electron chi connectivity index (χ4n) is 4.13. The summed E-state index contributed by atoms with van der Waals surface area (Å²) in [5.41, 5.74) is 5.61. The normalized spacial score (nSPS) is 14.1. The van der Waals surface area contributed by atoms with Crippen molar-refractivity contribution in [2.45, 2.75) is 38.2 Å². The number of ether oxygens (including phenoxy) is 1. The Labute approximate surface area is 177 Å². The zero-order valence-corrected chi connectivity index (χ0v) is 16.9. The summed E-state index contributed by atoms with van der Waals surface area (Å²) in [6.07, 6.45) is 8.90. The Morgan fingerprint density at radius 1 is 0.833 bits per heavy atom. The molecule has 0 aliphatic heterocycles. The summed E-state index contributed by atoms with van der Waals surface area (Å²) in [5, 5.41) is 0. The van der Waals surface area contributed by atoms with Crippen LogP contribution in [0.15, 0.2) is 79.1 Å². The molecule has 2 aromatic carbocycles. The van der Waals surface area contributed by atoms with Gasteiger partial charge in [0.05, 0.1) is 11.9 Å². The molecule has 1 saturated carbocycles. The topological polar surface area (TPSA) is 50.8 Å². The van der Waals surface area contributed by atoms with Crippen LogP contribution in [0.25, 0.3) is 22.4 Å². The molecule has 0 saturated heterocycles. The lowest BCUT2D eigenvalue weighted by molar-refractivity contribution is 0.294. The average Bonchev–Trinajstić information content (AvgIpc) is 3.51. The molecule has 150 valence electrons. The number of nitrogens with one attached hydrogen (secondary N) is 1. The molecule has 5 rings (SSSR count). The molecule has 0 spiro atoms. The van der Waals surface area contributed by atoms with Gasteiger partial charge in [0.2, 0.25) is 5.88 Å². The van der Waals surface area contributed by atoms with Gasteiger partial charge in [-0.15, -0.1) is 0 Å². The van der Waals surface area contributed by atoms with Crippen LogP contribution in [-0.4, -0.2) is 15.0 Å². The zero-order valence-electron chi connectivity index (χ0n) is 16.9. The third kappa shape index (κ3) is 4.13. The van der Waals surface area contributed by atoms with Crippen molar-refractivity contribution in [2.24, 2.45) is 0 Å². The molecule has 0 radical (unpaired) electrons. The maximum atomic E-state index is 5.87. The quantitative estimate of drug-likeness (QED) is 0.412. The maximum absolute atomic E-state index is 5.87. The largest absolute Gasteiger partial charge is 0.473 e. The van der Waals surface area contributed by atoms with Crippen molar-refractivity contribution in [1.29, 1.82) is 0 Å². The first-order chi connectivity index (χ1) is 14.8. The fourth-order valence-corrected chi connectivity index (χ4v) is 4.13. The predicted octanol–water partition coefficient (Wildman–Crippen LogP) is 6.38. The van der Waals surface area contributed by atoms with Gasteiger partial charge in [0.1, 0.15) is 12.4 Å². The lowest BCUT2D eigenvalue weighted by Crippen LogP contribution is -1.97. The van der Waals surface area contributed by atoms with E-state index in [0.717, 1.165) is 33.8 Å². The molecule has 0 amide bonds. The second-order valence-corrected chi connectivity index (χ2v) is 7.90. The molecular formula is C26H25N3O. The highest BCUT2D eigenvalue weighted by Crippen LogP contribution is 2.33. The van der Waals surface area contributed by atoms with Gasteiger partial charge in [-0.25, -0.2) is 9.97 Å². The van der Waals surface area contributed by atoms with E-state index in [1.165, 1.54) is 25.7 Å². The van der Waals surface area contributed by atoms with Crippen LogP contribution >= 0.6 is 0 Å². The molecule has 30 heavy (non-hydrogen) atoms. The van der Waals surface area contributed by atoms with Gasteiger partial charge in [0.15, 0.2) is 0 Å². The van der Waals surface area contributed by atoms with Crippen LogP contribution in [0.5, 0.6) is 5.88 Å². The predicted molar refractivity (Wildman–Crippen MR) is 119 cm³/mol. The summed E-state index contributed by atoms with van der Waals surface area (Å²) in [7, 11) is 0. The second-order valence-electron chi connectivity index (χ2n) is 7.90. The third-order valence-electron chi connectivity index (χ3n) is 5.83. The van der Waals surface area contributed by atoms with Crippen LogP contribution in [0.1, 0.15) is 43.0 Å². The van der Waals surface area contributed by atoms with Crippen molar-refractivity contribution in [3.05, 3.63) is 90.5 Å². The maximum Gasteiger partial charge on any atom is 0.214 e. The Bertz CT molecular complexity index is 1100. The minimum atomic E-state index is 0.513. The number of imidazole rings is 1. The van der Waals surface area contributed by atoms with Crippen LogP contribution < -0.4 is 4.74 Å². The number of benzene rings is 2. The second kappa shape index (κ2) is 8.54. The van der Waals surface area contributed by atoms with Gasteiger partial charge in [-0.05, 0) is 41.2 Å². The van der Waals surface area contributed by atoms with E-state index < -0.39 is 0 Å². The molecule has 0 bridgehead atoms. The van der Waals surface area contributed by atoms with E-state index in [0.29, 0.717) is 18.4 Å². The van der Waals surface area contributed by atoms with E-state index in [1.807, 2.05) is 36.5 Å². The van der Waals surface area contributed by atoms with Crippen LogP contribution in [0.2, 0.25) is 0 Å². The third-order valence-corrected chi connectivity index (χ3v) is 5.83. The summed E-state index contributed by atoms with van der Waals surface area (Å²) in [6.45, 7) is 0.513. The van der Waals surface area contributed by atoms with Crippen molar-refractivity contribution in [3.63, 3.8) is 0 Å². The molecule has 2 heterocycles. The van der Waals surface area contributed by atoms with E-state index >= 15 is 0 Å². The SMILES string of the molecule is c1ccc(COc2cc(-c3ccc(-c4cnc(C5CCCC5)[nH]4)cc3)ccn2)cc1. The lowest BCUT2D eigenvalue weighted by atomic mass is 10.0. The molecule has 2 aromatic heterocycles. The van der Waals surface area contributed by atoms with Crippen molar-refractivity contribution in [1.82, 2.24) is 15.0 Å². The van der Waals surface area contributed by atoms with E-state index in [4.69, 9.17) is 4.74 Å². The van der Waals surface area contributed by atoms with Gasteiger partial charge in [-0.1, -0.05) is 67.4 Å². The zero-order chi connectivity index (χ0) is 20.2. The summed E-state index contributed by atoms with van der Waals surface area (Å²) in [6, 6.07) is 22.7. The van der Waals surface area contributed by atoms with Gasteiger partial charge in [0, 0.05) is 18.2 Å². The number of aromatic amines is 1. The van der Waals surface area contributed by atoms with E-state index in [1.54, 1.807) is 6.20 Å². The van der Waals surface area contributed by atoms with E-state index in [-0.39, 0.29) is 0 Å². The van der Waals surface area contributed by atoms with Crippen LogP contribution in [-0.2, 0) is 6.61 Å². The monoisotopic (exact) mass is 395 g/mol. The first-order valence-corrected chi connectivity index (χ1v) is 10.6. The molecule has 4 aromatic rings. The standard InChI is InChI=1S/C26H25N3O/c1-2-6-19(7-3-1)18-30-25-16-23(14-15-27-25)20-10-12-21(13-11-20)24-17-28-26(29-24)22-8-4-5-9-22/h1-3,6-7,10-17,22H,4-5,8-9,18H2,(H,28,29). The Hall–Kier alpha value is -3.40. The summed E-state index contributed by atoms with van der Waals surface area (Å²) >= 11 is 0. The molecular weight excluding hydrogens is 370 g/mol. The number of rotatable bonds is 6. The van der Waals surface area contributed by atoms with Crippen LogP contribution in [0.3, 0.4) is 0 Å². The molecule has 0 unspecified atom stereocenters. The van der Waals surface area contributed by atoms with Gasteiger partial charge in [-0.3, -0.25) is 0 Å². The van der Waals surface area contributed by atoms with Crippen molar-refractivity contribution >= 4 is 0 Å². The number of H-pyrrole nitrogens is 1. The van der Waals surface area contributed by atoms with E-state index in [2.05, 4.69) is 51.4 Å². The minimum Gasteiger partial charge on any atom is -0.473 e. The molecule has 1 fully saturated rings. The Kier molecular flexibility index (Phi) is 5.30. The van der Waals surface area contributed by atoms with Gasteiger partial charge >= 0.3 is 0 Å². The van der Waals surface area contributed by atoms with Crippen molar-refractivity contribution < 1.29 is 4.74 Å². The van der Waals surface area contributed by atoms with Gasteiger partial charge in [0.25, 0.3) is 0 Å². The number of pyridine rings is 1. The summed E-state index contributed by atoms with van der Waals surface area (Å²) in [4.78, 5) is 12.5. The van der Waals surface area contributed by atoms with Crippen LogP contribution in [0.4, 0.5) is 0 Å². The average molecular weight is 396 g/mol. The Morgan fingerprint density at radius 3 is 2.40 bits per heavy atom. The lowest BCUT2D eigenvalue weighted by Gasteiger charge is -2.08. The fraction of sp³-hybridized carbons (Fsp3) is 0.231. The smallest absolute Gasteiger partial charge is 0.214 e. The number of nitrogens with zero attached hydrogens (tertiary/aromatic N) is 2. The van der Waals surface area contributed by atoms with Gasteiger partial charge < -0.3 is 9.72 Å². The first-order valence-electron chi connectivity index (χ1n) is 10.6. The van der Waals surface area contributed by atoms with Gasteiger partial charge in [-0.2, -0.15) is 0 Å². The van der Waals surface area contributed by atoms with Crippen molar-refractivity contribution in [2.75, 3.05) is 0 Å². The number of hydrogen-bond donors (Lipinski definition) is 1. The highest BCUT2D eigenvalue weighted by Gasteiger charge is 2.20. The molecule has 1 aliphatic carbocycles. The number of aromatic nitrogens is 3. The summed E-state index contributed by atoms with van der Waals surface area (Å²) in [5.74, 6) is 2.38. The first kappa shape index (κ1) is 18.6. The van der Waals surface area contributed by atoms with E-state index in [9.17, 15) is 0 Å². The van der Waals surface area contributed by atoms with Crippen molar-refractivity contribution in [3.8, 4) is 28.3 Å².